The van der Waals surface area contributed by atoms with E-state index in [9.17, 15) is 0 Å². The van der Waals surface area contributed by atoms with Crippen LogP contribution in [0.3, 0.4) is 0 Å². The van der Waals surface area contributed by atoms with Gasteiger partial charge in [0.25, 0.3) is 0 Å². The van der Waals surface area contributed by atoms with Gasteiger partial charge < -0.3 is 11.5 Å². The summed E-state index contributed by atoms with van der Waals surface area (Å²) in [5.41, 5.74) is 10.0. The Morgan fingerprint density at radius 2 is 1.67 bits per heavy atom. The van der Waals surface area contributed by atoms with E-state index in [1.54, 1.807) is 0 Å². The molecule has 6 heavy (non-hydrogen) atoms. The molecule has 0 unspecified atom stereocenters. The zero-order chi connectivity index (χ0) is 4.28. The van der Waals surface area contributed by atoms with Crippen LogP contribution in [0.2, 0.25) is 0 Å². The van der Waals surface area contributed by atoms with Crippen molar-refractivity contribution in [2.75, 3.05) is 5.33 Å². The first-order chi connectivity index (χ1) is 2.27. The Morgan fingerprint density at radius 1 is 1.50 bits per heavy atom. The van der Waals surface area contributed by atoms with Crippen LogP contribution in [0.25, 0.3) is 0 Å². The molecule has 0 aromatic rings. The van der Waals surface area contributed by atoms with Crippen LogP contribution in [0.1, 0.15) is 0 Å². The Bertz CT molecular complexity index is 23.5. The van der Waals surface area contributed by atoms with E-state index in [2.05, 4.69) is 15.9 Å². The highest BCUT2D eigenvalue weighted by Crippen LogP contribution is 1.74. The van der Waals surface area contributed by atoms with Gasteiger partial charge in [-0.25, -0.2) is 0 Å². The third-order valence-electron chi connectivity index (χ3n) is 0.178. The Morgan fingerprint density at radius 3 is 1.67 bits per heavy atom. The standard InChI is InChI=1S/C2H7BrN2.BrH/c3-1-2(4)5;/h2H,1,4-5H2;1H. The van der Waals surface area contributed by atoms with E-state index in [4.69, 9.17) is 11.5 Å². The van der Waals surface area contributed by atoms with E-state index in [-0.39, 0.29) is 23.1 Å². The molecule has 0 bridgehead atoms. The third kappa shape index (κ3) is 8.86. The van der Waals surface area contributed by atoms with Gasteiger partial charge in [0.2, 0.25) is 0 Å². The third-order valence-corrected chi connectivity index (χ3v) is 0.926. The van der Waals surface area contributed by atoms with E-state index >= 15 is 0 Å². The fraction of sp³-hybridized carbons (Fsp3) is 1.00. The lowest BCUT2D eigenvalue weighted by Crippen LogP contribution is -2.31. The van der Waals surface area contributed by atoms with Gasteiger partial charge in [-0.1, -0.05) is 15.9 Å². The molecule has 40 valence electrons. The molecule has 4 N–H and O–H groups in total. The van der Waals surface area contributed by atoms with Crippen LogP contribution in [0, 0.1) is 0 Å². The van der Waals surface area contributed by atoms with Crippen LogP contribution in [0.5, 0.6) is 0 Å². The molecule has 2 nitrogen and oxygen atoms in total. The molecule has 0 saturated heterocycles. The highest BCUT2D eigenvalue weighted by molar-refractivity contribution is 9.09. The number of halogens is 2. The minimum atomic E-state index is -0.199. The first kappa shape index (κ1) is 9.99. The summed E-state index contributed by atoms with van der Waals surface area (Å²) in [6.07, 6.45) is -0.199. The van der Waals surface area contributed by atoms with Gasteiger partial charge in [-0.05, 0) is 0 Å². The Hall–Kier alpha value is 0.880. The quantitative estimate of drug-likeness (QED) is 0.489. The predicted octanol–water partition coefficient (Wildman–Crippen LogP) is 0.203. The molecule has 0 aromatic heterocycles. The van der Waals surface area contributed by atoms with Gasteiger partial charge in [-0.3, -0.25) is 0 Å². The molecule has 0 saturated carbocycles. The zero-order valence-electron chi connectivity index (χ0n) is 3.23. The molecule has 0 aromatic carbocycles. The number of hydrogen-bond donors (Lipinski definition) is 2. The second-order valence-electron chi connectivity index (χ2n) is 0.818. The highest BCUT2D eigenvalue weighted by Gasteiger charge is 1.81. The number of hydrogen-bond acceptors (Lipinski definition) is 2. The number of rotatable bonds is 1. The van der Waals surface area contributed by atoms with Gasteiger partial charge >= 0.3 is 0 Å². The molecule has 0 aliphatic rings. The fourth-order valence-electron chi connectivity index (χ4n) is 0. The van der Waals surface area contributed by atoms with Crippen LogP contribution in [-0.2, 0) is 0 Å². The summed E-state index contributed by atoms with van der Waals surface area (Å²) in [5, 5.41) is 0.674. The molecule has 0 atom stereocenters. The van der Waals surface area contributed by atoms with Gasteiger partial charge in [0.05, 0.1) is 6.17 Å². The largest absolute Gasteiger partial charge is 0.315 e. The predicted molar refractivity (Wildman–Crippen MR) is 36.3 cm³/mol. The van der Waals surface area contributed by atoms with E-state index in [0.29, 0.717) is 5.33 Å². The van der Waals surface area contributed by atoms with Crippen molar-refractivity contribution in [3.05, 3.63) is 0 Å². The first-order valence-corrected chi connectivity index (χ1v) is 2.46. The molecule has 0 amide bonds. The molecule has 4 heteroatoms. The molecule has 0 spiro atoms. The maximum atomic E-state index is 5.02. The lowest BCUT2D eigenvalue weighted by molar-refractivity contribution is 0.808. The van der Waals surface area contributed by atoms with Crippen molar-refractivity contribution >= 4 is 32.9 Å². The Kier molecular flexibility index (Phi) is 9.79. The maximum absolute atomic E-state index is 5.02. The van der Waals surface area contributed by atoms with Crippen LogP contribution in [0.15, 0.2) is 0 Å². The van der Waals surface area contributed by atoms with Crippen molar-refractivity contribution in [1.29, 1.82) is 0 Å². The monoisotopic (exact) mass is 218 g/mol. The normalized spacial score (nSPS) is 8.00. The van der Waals surface area contributed by atoms with Crippen LogP contribution in [0.4, 0.5) is 0 Å². The summed E-state index contributed by atoms with van der Waals surface area (Å²) in [6.45, 7) is 0. The molecule has 0 aliphatic carbocycles. The van der Waals surface area contributed by atoms with Crippen LogP contribution in [-0.4, -0.2) is 11.5 Å². The minimum absolute atomic E-state index is 0. The van der Waals surface area contributed by atoms with Gasteiger partial charge in [0.15, 0.2) is 0 Å². The van der Waals surface area contributed by atoms with Crippen molar-refractivity contribution in [1.82, 2.24) is 0 Å². The minimum Gasteiger partial charge on any atom is -0.315 e. The van der Waals surface area contributed by atoms with Crippen LogP contribution < -0.4 is 11.5 Å². The lowest BCUT2D eigenvalue weighted by atomic mass is 10.7. The Balaban J connectivity index is 0. The van der Waals surface area contributed by atoms with Crippen molar-refractivity contribution in [3.63, 3.8) is 0 Å². The summed E-state index contributed by atoms with van der Waals surface area (Å²) in [6, 6.07) is 0. The van der Waals surface area contributed by atoms with Gasteiger partial charge in [0, 0.05) is 5.33 Å². The van der Waals surface area contributed by atoms with E-state index in [0.717, 1.165) is 0 Å². The Labute approximate surface area is 56.2 Å². The average Bonchev–Trinajstić information content (AvgIpc) is 1.38. The molecular formula is C2H8Br2N2. The zero-order valence-corrected chi connectivity index (χ0v) is 6.52. The van der Waals surface area contributed by atoms with Gasteiger partial charge in [-0.2, -0.15) is 0 Å². The molecule has 0 radical (unpaired) electrons. The van der Waals surface area contributed by atoms with E-state index in [1.807, 2.05) is 0 Å². The first-order valence-electron chi connectivity index (χ1n) is 1.34. The molecule has 0 fully saturated rings. The molecule has 0 rings (SSSR count). The fourth-order valence-corrected chi connectivity index (χ4v) is 0. The molecule has 0 aliphatic heterocycles. The van der Waals surface area contributed by atoms with Crippen molar-refractivity contribution < 1.29 is 0 Å². The van der Waals surface area contributed by atoms with Crippen LogP contribution >= 0.6 is 32.9 Å². The summed E-state index contributed by atoms with van der Waals surface area (Å²) in [4.78, 5) is 0. The smallest absolute Gasteiger partial charge is 0.0620 e. The second kappa shape index (κ2) is 5.88. The van der Waals surface area contributed by atoms with E-state index < -0.39 is 0 Å². The average molecular weight is 220 g/mol. The highest BCUT2D eigenvalue weighted by atomic mass is 79.9. The summed E-state index contributed by atoms with van der Waals surface area (Å²) >= 11 is 3.06. The molecular weight excluding hydrogens is 212 g/mol. The van der Waals surface area contributed by atoms with Crippen molar-refractivity contribution in [2.24, 2.45) is 11.5 Å². The summed E-state index contributed by atoms with van der Waals surface area (Å²) in [5.74, 6) is 0. The SMILES string of the molecule is Br.NC(N)CBr. The second-order valence-corrected chi connectivity index (χ2v) is 1.47. The van der Waals surface area contributed by atoms with Crippen molar-refractivity contribution in [2.45, 2.75) is 6.17 Å². The van der Waals surface area contributed by atoms with Gasteiger partial charge in [0.1, 0.15) is 0 Å². The topological polar surface area (TPSA) is 52.0 Å². The van der Waals surface area contributed by atoms with E-state index in [1.165, 1.54) is 0 Å². The lowest BCUT2D eigenvalue weighted by Gasteiger charge is -1.91. The maximum Gasteiger partial charge on any atom is 0.0620 e. The van der Waals surface area contributed by atoms with Gasteiger partial charge in [-0.15, -0.1) is 17.0 Å². The summed E-state index contributed by atoms with van der Waals surface area (Å²) in [7, 11) is 0. The number of nitrogens with two attached hydrogens (primary N) is 2. The van der Waals surface area contributed by atoms with Crippen molar-refractivity contribution in [3.8, 4) is 0 Å². The summed E-state index contributed by atoms with van der Waals surface area (Å²) < 4.78 is 0. The molecule has 0 heterocycles. The number of alkyl halides is 1.